The van der Waals surface area contributed by atoms with Crippen LogP contribution in [0.2, 0.25) is 0 Å². The van der Waals surface area contributed by atoms with Gasteiger partial charge in [0.15, 0.2) is 0 Å². The Morgan fingerprint density at radius 1 is 1.40 bits per heavy atom. The van der Waals surface area contributed by atoms with Gasteiger partial charge in [-0.25, -0.2) is 8.42 Å². The SMILES string of the molecule is O=c1ccc(S(=O)(=O)N2CCCO2)c[nH]1. The standard InChI is InChI=1S/C8H10N2O4S/c11-8-3-2-7(6-9-8)15(12,13)10-4-1-5-14-10/h2-3,6H,1,4-5H2,(H,9,11). The smallest absolute Gasteiger partial charge is 0.266 e. The molecule has 1 N–H and O–H groups in total. The lowest BCUT2D eigenvalue weighted by Gasteiger charge is -2.13. The van der Waals surface area contributed by atoms with Crippen molar-refractivity contribution in [3.8, 4) is 0 Å². The topological polar surface area (TPSA) is 79.5 Å². The van der Waals surface area contributed by atoms with E-state index in [1.54, 1.807) is 0 Å². The lowest BCUT2D eigenvalue weighted by molar-refractivity contribution is -0.0284. The van der Waals surface area contributed by atoms with Crippen LogP contribution < -0.4 is 5.56 Å². The molecule has 0 spiro atoms. The number of hydrogen-bond acceptors (Lipinski definition) is 4. The average Bonchev–Trinajstić information content (AvgIpc) is 2.71. The summed E-state index contributed by atoms with van der Waals surface area (Å²) in [5.41, 5.74) is -0.337. The van der Waals surface area contributed by atoms with Crippen molar-refractivity contribution in [2.75, 3.05) is 13.2 Å². The van der Waals surface area contributed by atoms with Crippen molar-refractivity contribution in [2.45, 2.75) is 11.3 Å². The van der Waals surface area contributed by atoms with Gasteiger partial charge in [-0.2, -0.15) is 0 Å². The zero-order valence-electron chi connectivity index (χ0n) is 7.84. The third kappa shape index (κ3) is 1.94. The highest BCUT2D eigenvalue weighted by Crippen LogP contribution is 2.17. The van der Waals surface area contributed by atoms with E-state index in [2.05, 4.69) is 4.98 Å². The van der Waals surface area contributed by atoms with Crippen molar-refractivity contribution in [3.63, 3.8) is 0 Å². The quantitative estimate of drug-likeness (QED) is 0.756. The second-order valence-electron chi connectivity index (χ2n) is 3.11. The Balaban J connectivity index is 2.36. The molecule has 1 aromatic heterocycles. The highest BCUT2D eigenvalue weighted by molar-refractivity contribution is 7.89. The number of H-pyrrole nitrogens is 1. The number of pyridine rings is 1. The van der Waals surface area contributed by atoms with Crippen LogP contribution in [0.25, 0.3) is 0 Å². The summed E-state index contributed by atoms with van der Waals surface area (Å²) in [5, 5.41) is 0. The number of rotatable bonds is 2. The van der Waals surface area contributed by atoms with Gasteiger partial charge < -0.3 is 4.98 Å². The maximum Gasteiger partial charge on any atom is 0.266 e. The number of sulfonamides is 1. The normalized spacial score (nSPS) is 18.1. The Labute approximate surface area is 86.5 Å². The molecule has 1 aromatic rings. The van der Waals surface area contributed by atoms with E-state index in [4.69, 9.17) is 4.84 Å². The minimum atomic E-state index is -3.61. The van der Waals surface area contributed by atoms with Crippen LogP contribution in [0.3, 0.4) is 0 Å². The highest BCUT2D eigenvalue weighted by Gasteiger charge is 2.28. The number of nitrogens with zero attached hydrogens (tertiary/aromatic N) is 1. The van der Waals surface area contributed by atoms with E-state index in [-0.39, 0.29) is 10.5 Å². The molecule has 82 valence electrons. The summed E-state index contributed by atoms with van der Waals surface area (Å²) in [4.78, 5) is 18.1. The van der Waals surface area contributed by atoms with Gasteiger partial charge in [0.2, 0.25) is 5.56 Å². The summed E-state index contributed by atoms with van der Waals surface area (Å²) < 4.78 is 24.6. The Hall–Kier alpha value is -1.18. The highest BCUT2D eigenvalue weighted by atomic mass is 32.2. The number of aromatic nitrogens is 1. The van der Waals surface area contributed by atoms with Crippen molar-refractivity contribution in [3.05, 3.63) is 28.7 Å². The minimum Gasteiger partial charge on any atom is -0.328 e. The van der Waals surface area contributed by atoms with Crippen LogP contribution in [0.1, 0.15) is 6.42 Å². The molecule has 7 heteroatoms. The van der Waals surface area contributed by atoms with Gasteiger partial charge in [-0.3, -0.25) is 9.63 Å². The van der Waals surface area contributed by atoms with Crippen molar-refractivity contribution in [2.24, 2.45) is 0 Å². The van der Waals surface area contributed by atoms with E-state index in [9.17, 15) is 13.2 Å². The van der Waals surface area contributed by atoms with Crippen molar-refractivity contribution in [1.82, 2.24) is 9.45 Å². The van der Waals surface area contributed by atoms with E-state index >= 15 is 0 Å². The van der Waals surface area contributed by atoms with Gasteiger partial charge in [-0.1, -0.05) is 4.47 Å². The molecule has 15 heavy (non-hydrogen) atoms. The van der Waals surface area contributed by atoms with E-state index in [1.165, 1.54) is 18.3 Å². The van der Waals surface area contributed by atoms with Gasteiger partial charge in [0.25, 0.3) is 10.0 Å². The first-order chi connectivity index (χ1) is 7.10. The second-order valence-corrected chi connectivity index (χ2v) is 4.94. The first-order valence-electron chi connectivity index (χ1n) is 4.45. The summed E-state index contributed by atoms with van der Waals surface area (Å²) in [6.45, 7) is 0.754. The van der Waals surface area contributed by atoms with E-state index in [1.807, 2.05) is 0 Å². The predicted octanol–water partition coefficient (Wildman–Crippen LogP) is -0.299. The van der Waals surface area contributed by atoms with Crippen LogP contribution in [0.15, 0.2) is 28.0 Å². The summed E-state index contributed by atoms with van der Waals surface area (Å²) in [6.07, 6.45) is 1.85. The zero-order chi connectivity index (χ0) is 10.9. The monoisotopic (exact) mass is 230 g/mol. The molecule has 1 saturated heterocycles. The number of hydroxylamine groups is 1. The van der Waals surface area contributed by atoms with Gasteiger partial charge in [0.1, 0.15) is 4.90 Å². The summed E-state index contributed by atoms with van der Waals surface area (Å²) >= 11 is 0. The van der Waals surface area contributed by atoms with Crippen molar-refractivity contribution >= 4 is 10.0 Å². The summed E-state index contributed by atoms with van der Waals surface area (Å²) in [6, 6.07) is 2.43. The lowest BCUT2D eigenvalue weighted by Crippen LogP contribution is -2.27. The molecule has 2 rings (SSSR count). The molecule has 0 aliphatic carbocycles. The molecule has 6 nitrogen and oxygen atoms in total. The van der Waals surface area contributed by atoms with Crippen LogP contribution in [0, 0.1) is 0 Å². The zero-order valence-corrected chi connectivity index (χ0v) is 8.66. The fourth-order valence-electron chi connectivity index (χ4n) is 1.29. The van der Waals surface area contributed by atoms with Crippen LogP contribution in [0.4, 0.5) is 0 Å². The molecule has 0 aromatic carbocycles. The van der Waals surface area contributed by atoms with Crippen LogP contribution >= 0.6 is 0 Å². The maximum absolute atomic E-state index is 11.8. The number of nitrogens with one attached hydrogen (secondary N) is 1. The Kier molecular flexibility index (Phi) is 2.59. The van der Waals surface area contributed by atoms with Gasteiger partial charge in [0.05, 0.1) is 6.61 Å². The third-order valence-electron chi connectivity index (χ3n) is 2.04. The van der Waals surface area contributed by atoms with E-state index < -0.39 is 10.0 Å². The molecule has 0 amide bonds. The Bertz CT molecular complexity index is 481. The van der Waals surface area contributed by atoms with Crippen molar-refractivity contribution < 1.29 is 13.3 Å². The third-order valence-corrected chi connectivity index (χ3v) is 3.72. The maximum atomic E-state index is 11.8. The molecular weight excluding hydrogens is 220 g/mol. The van der Waals surface area contributed by atoms with Crippen LogP contribution in [-0.2, 0) is 14.9 Å². The number of hydrogen-bond donors (Lipinski definition) is 1. The second kappa shape index (κ2) is 3.76. The summed E-state index contributed by atoms with van der Waals surface area (Å²) in [7, 11) is -3.61. The minimum absolute atomic E-state index is 0.0315. The molecule has 1 aliphatic rings. The fourth-order valence-corrected chi connectivity index (χ4v) is 2.55. The average molecular weight is 230 g/mol. The molecule has 0 radical (unpaired) electrons. The van der Waals surface area contributed by atoms with E-state index in [0.717, 1.165) is 4.47 Å². The molecule has 0 saturated carbocycles. The van der Waals surface area contributed by atoms with Gasteiger partial charge in [-0.05, 0) is 12.5 Å². The lowest BCUT2D eigenvalue weighted by atomic mass is 10.5. The van der Waals surface area contributed by atoms with Crippen LogP contribution in [0.5, 0.6) is 0 Å². The van der Waals surface area contributed by atoms with E-state index in [0.29, 0.717) is 19.6 Å². The Morgan fingerprint density at radius 2 is 2.20 bits per heavy atom. The molecule has 0 atom stereocenters. The largest absolute Gasteiger partial charge is 0.328 e. The predicted molar refractivity (Wildman–Crippen MR) is 51.5 cm³/mol. The Morgan fingerprint density at radius 3 is 2.73 bits per heavy atom. The van der Waals surface area contributed by atoms with Gasteiger partial charge in [0, 0.05) is 18.8 Å². The fraction of sp³-hybridized carbons (Fsp3) is 0.375. The molecule has 1 aliphatic heterocycles. The number of aromatic amines is 1. The molecular formula is C8H10N2O4S. The first-order valence-corrected chi connectivity index (χ1v) is 5.89. The van der Waals surface area contributed by atoms with Crippen LogP contribution in [-0.4, -0.2) is 31.0 Å². The first kappa shape index (κ1) is 10.3. The molecule has 0 bridgehead atoms. The molecule has 2 heterocycles. The molecule has 1 fully saturated rings. The van der Waals surface area contributed by atoms with Gasteiger partial charge in [-0.15, -0.1) is 0 Å². The van der Waals surface area contributed by atoms with Gasteiger partial charge >= 0.3 is 0 Å². The molecule has 0 unspecified atom stereocenters. The van der Waals surface area contributed by atoms with Crippen molar-refractivity contribution in [1.29, 1.82) is 0 Å². The summed E-state index contributed by atoms with van der Waals surface area (Å²) in [5.74, 6) is 0.